The first kappa shape index (κ1) is 11.2. The lowest BCUT2D eigenvalue weighted by molar-refractivity contribution is 0.0903. The van der Waals surface area contributed by atoms with Gasteiger partial charge < -0.3 is 5.73 Å². The number of hydrogen-bond acceptors (Lipinski definition) is 5. The molecule has 0 unspecified atom stereocenters. The fourth-order valence-electron chi connectivity index (χ4n) is 1.96. The van der Waals surface area contributed by atoms with Crippen molar-refractivity contribution < 1.29 is 4.79 Å². The Morgan fingerprint density at radius 3 is 3.12 bits per heavy atom. The summed E-state index contributed by atoms with van der Waals surface area (Å²) in [6.45, 7) is 2.14. The lowest BCUT2D eigenvalue weighted by Gasteiger charge is -2.29. The summed E-state index contributed by atoms with van der Waals surface area (Å²) < 4.78 is 0. The lowest BCUT2D eigenvalue weighted by Crippen LogP contribution is -2.44. The summed E-state index contributed by atoms with van der Waals surface area (Å²) in [6, 6.07) is 0.198. The molecule has 1 aliphatic rings. The van der Waals surface area contributed by atoms with Gasteiger partial charge in [0.1, 0.15) is 5.69 Å². The van der Waals surface area contributed by atoms with Gasteiger partial charge in [0.25, 0.3) is 0 Å². The summed E-state index contributed by atoms with van der Waals surface area (Å²) in [4.78, 5) is 21.8. The number of hydrogen-bond donors (Lipinski definition) is 1. The average Bonchev–Trinajstić information content (AvgIpc) is 2.30. The molecule has 5 heteroatoms. The number of nitrogens with two attached hydrogens (primary N) is 1. The SMILES string of the molecule is N[C@@H]1CCCN(CC(=O)c2cnccn2)C1. The molecule has 0 spiro atoms. The number of carbonyl (C=O) groups excluding carboxylic acids is 1. The van der Waals surface area contributed by atoms with Crippen LogP contribution in [0.5, 0.6) is 0 Å². The lowest BCUT2D eigenvalue weighted by atomic mass is 10.1. The molecular weight excluding hydrogens is 204 g/mol. The van der Waals surface area contributed by atoms with Crippen LogP contribution in [0.2, 0.25) is 0 Å². The predicted molar refractivity (Wildman–Crippen MR) is 60.0 cm³/mol. The van der Waals surface area contributed by atoms with E-state index >= 15 is 0 Å². The smallest absolute Gasteiger partial charge is 0.196 e. The normalized spacial score (nSPS) is 21.9. The molecule has 1 aromatic heterocycles. The Bertz CT molecular complexity index is 354. The quantitative estimate of drug-likeness (QED) is 0.730. The zero-order valence-electron chi connectivity index (χ0n) is 9.17. The number of rotatable bonds is 3. The maximum atomic E-state index is 11.8. The molecule has 0 saturated carbocycles. The highest BCUT2D eigenvalue weighted by Gasteiger charge is 2.19. The molecular formula is C11H16N4O. The van der Waals surface area contributed by atoms with Gasteiger partial charge in [-0.1, -0.05) is 0 Å². The van der Waals surface area contributed by atoms with E-state index < -0.39 is 0 Å². The summed E-state index contributed by atoms with van der Waals surface area (Å²) >= 11 is 0. The van der Waals surface area contributed by atoms with Crippen molar-refractivity contribution in [1.29, 1.82) is 0 Å². The van der Waals surface area contributed by atoms with Crippen LogP contribution >= 0.6 is 0 Å². The average molecular weight is 220 g/mol. The molecule has 5 nitrogen and oxygen atoms in total. The number of carbonyl (C=O) groups is 1. The minimum absolute atomic E-state index is 0.0159. The number of likely N-dealkylation sites (tertiary alicyclic amines) is 1. The van der Waals surface area contributed by atoms with Gasteiger partial charge in [-0.15, -0.1) is 0 Å². The molecule has 1 aliphatic heterocycles. The molecule has 1 atom stereocenters. The fourth-order valence-corrected chi connectivity index (χ4v) is 1.96. The van der Waals surface area contributed by atoms with Crippen molar-refractivity contribution in [1.82, 2.24) is 14.9 Å². The monoisotopic (exact) mass is 220 g/mol. The Labute approximate surface area is 94.7 Å². The van der Waals surface area contributed by atoms with Gasteiger partial charge in [0.2, 0.25) is 0 Å². The molecule has 0 radical (unpaired) electrons. The highest BCUT2D eigenvalue weighted by Crippen LogP contribution is 2.08. The van der Waals surface area contributed by atoms with E-state index in [1.807, 2.05) is 0 Å². The van der Waals surface area contributed by atoms with E-state index in [1.165, 1.54) is 12.4 Å². The Balaban J connectivity index is 1.92. The second-order valence-corrected chi connectivity index (χ2v) is 4.15. The molecule has 1 aromatic rings. The first-order valence-corrected chi connectivity index (χ1v) is 5.53. The van der Waals surface area contributed by atoms with Gasteiger partial charge in [-0.2, -0.15) is 0 Å². The zero-order valence-corrected chi connectivity index (χ0v) is 9.17. The highest BCUT2D eigenvalue weighted by atomic mass is 16.1. The van der Waals surface area contributed by atoms with Gasteiger partial charge >= 0.3 is 0 Å². The topological polar surface area (TPSA) is 72.1 Å². The standard InChI is InChI=1S/C11H16N4O/c12-9-2-1-5-15(7-9)8-11(16)10-6-13-3-4-14-10/h3-4,6,9H,1-2,5,7-8,12H2/t9-/m1/s1. The zero-order chi connectivity index (χ0) is 11.4. The molecule has 86 valence electrons. The molecule has 1 saturated heterocycles. The van der Waals surface area contributed by atoms with Crippen LogP contribution in [-0.2, 0) is 0 Å². The van der Waals surface area contributed by atoms with Gasteiger partial charge in [-0.3, -0.25) is 14.7 Å². The summed E-state index contributed by atoms with van der Waals surface area (Å²) in [5.74, 6) is 0.0159. The maximum absolute atomic E-state index is 11.8. The highest BCUT2D eigenvalue weighted by molar-refractivity contribution is 5.95. The second-order valence-electron chi connectivity index (χ2n) is 4.15. The Hall–Kier alpha value is -1.33. The van der Waals surface area contributed by atoms with Crippen LogP contribution in [0.4, 0.5) is 0 Å². The largest absolute Gasteiger partial charge is 0.327 e. The van der Waals surface area contributed by atoms with E-state index in [2.05, 4.69) is 14.9 Å². The fraction of sp³-hybridized carbons (Fsp3) is 0.545. The minimum atomic E-state index is 0.0159. The predicted octanol–water partition coefficient (Wildman–Crippen LogP) is 0.0824. The van der Waals surface area contributed by atoms with E-state index in [0.29, 0.717) is 12.2 Å². The molecule has 0 bridgehead atoms. The molecule has 0 aromatic carbocycles. The van der Waals surface area contributed by atoms with Gasteiger partial charge in [0.05, 0.1) is 12.7 Å². The van der Waals surface area contributed by atoms with Crippen molar-refractivity contribution in [2.24, 2.45) is 5.73 Å². The summed E-state index contributed by atoms with van der Waals surface area (Å²) in [5, 5.41) is 0. The second kappa shape index (κ2) is 5.14. The maximum Gasteiger partial charge on any atom is 0.196 e. The van der Waals surface area contributed by atoms with Crippen molar-refractivity contribution >= 4 is 5.78 Å². The third-order valence-electron chi connectivity index (χ3n) is 2.76. The van der Waals surface area contributed by atoms with Crippen LogP contribution < -0.4 is 5.73 Å². The first-order valence-electron chi connectivity index (χ1n) is 5.53. The van der Waals surface area contributed by atoms with Crippen LogP contribution in [0.3, 0.4) is 0 Å². The number of piperidine rings is 1. The van der Waals surface area contributed by atoms with Crippen LogP contribution in [0, 0.1) is 0 Å². The summed E-state index contributed by atoms with van der Waals surface area (Å²) in [6.07, 6.45) is 6.72. The molecule has 0 amide bonds. The Morgan fingerprint density at radius 2 is 2.44 bits per heavy atom. The van der Waals surface area contributed by atoms with E-state index in [9.17, 15) is 4.79 Å². The van der Waals surface area contributed by atoms with E-state index in [4.69, 9.17) is 5.73 Å². The summed E-state index contributed by atoms with van der Waals surface area (Å²) in [5.41, 5.74) is 6.29. The van der Waals surface area contributed by atoms with Crippen molar-refractivity contribution in [3.05, 3.63) is 24.3 Å². The van der Waals surface area contributed by atoms with Gasteiger partial charge in [0.15, 0.2) is 5.78 Å². The molecule has 2 rings (SSSR count). The summed E-state index contributed by atoms with van der Waals surface area (Å²) in [7, 11) is 0. The molecule has 16 heavy (non-hydrogen) atoms. The van der Waals surface area contributed by atoms with Crippen LogP contribution in [0.1, 0.15) is 23.3 Å². The van der Waals surface area contributed by atoms with Gasteiger partial charge in [-0.05, 0) is 19.4 Å². The minimum Gasteiger partial charge on any atom is -0.327 e. The van der Waals surface area contributed by atoms with Crippen molar-refractivity contribution in [3.8, 4) is 0 Å². The van der Waals surface area contributed by atoms with Crippen LogP contribution in [0.25, 0.3) is 0 Å². The first-order chi connectivity index (χ1) is 7.75. The third-order valence-corrected chi connectivity index (χ3v) is 2.76. The number of ketones is 1. The number of Topliss-reactive ketones (excluding diaryl/α,β-unsaturated/α-hetero) is 1. The number of nitrogens with zero attached hydrogens (tertiary/aromatic N) is 3. The third kappa shape index (κ3) is 2.84. The van der Waals surface area contributed by atoms with E-state index in [0.717, 1.165) is 25.9 Å². The van der Waals surface area contributed by atoms with E-state index in [-0.39, 0.29) is 11.8 Å². The van der Waals surface area contributed by atoms with Crippen molar-refractivity contribution in [2.45, 2.75) is 18.9 Å². The Kier molecular flexibility index (Phi) is 3.58. The van der Waals surface area contributed by atoms with Gasteiger partial charge in [0, 0.05) is 25.0 Å². The van der Waals surface area contributed by atoms with Crippen molar-refractivity contribution in [2.75, 3.05) is 19.6 Å². The molecule has 1 fully saturated rings. The van der Waals surface area contributed by atoms with Crippen LogP contribution in [-0.4, -0.2) is 46.3 Å². The van der Waals surface area contributed by atoms with Crippen LogP contribution in [0.15, 0.2) is 18.6 Å². The van der Waals surface area contributed by atoms with Gasteiger partial charge in [-0.25, -0.2) is 4.98 Å². The van der Waals surface area contributed by atoms with E-state index in [1.54, 1.807) is 6.20 Å². The Morgan fingerprint density at radius 1 is 1.56 bits per heavy atom. The molecule has 2 N–H and O–H groups in total. The molecule has 0 aliphatic carbocycles. The molecule has 2 heterocycles. The van der Waals surface area contributed by atoms with Crippen molar-refractivity contribution in [3.63, 3.8) is 0 Å². The number of aromatic nitrogens is 2.